The SMILES string of the molecule is CCOC(=O)N1CCN(C(=O)C(Cc2ccc(P(=O)(O)O)cc2)NC(=O)c2cc(N3CCC(OC)C3)nc(-c3ccccc3)n2)CC1. The maximum Gasteiger partial charge on any atom is 0.409 e. The molecule has 2 fully saturated rings. The molecule has 0 saturated carbocycles. The minimum absolute atomic E-state index is 0.0330. The highest BCUT2D eigenvalue weighted by molar-refractivity contribution is 7.60. The van der Waals surface area contributed by atoms with Gasteiger partial charge in [-0.3, -0.25) is 14.2 Å². The lowest BCUT2D eigenvalue weighted by Crippen LogP contribution is -2.56. The van der Waals surface area contributed by atoms with E-state index in [1.54, 1.807) is 25.0 Å². The van der Waals surface area contributed by atoms with Crippen molar-refractivity contribution in [3.8, 4) is 11.4 Å². The number of rotatable bonds is 10. The van der Waals surface area contributed by atoms with Crippen LogP contribution >= 0.6 is 7.60 Å². The van der Waals surface area contributed by atoms with E-state index >= 15 is 0 Å². The lowest BCUT2D eigenvalue weighted by molar-refractivity contribution is -0.134. The average Bonchev–Trinajstić information content (AvgIpc) is 3.57. The molecule has 0 radical (unpaired) electrons. The summed E-state index contributed by atoms with van der Waals surface area (Å²) in [7, 11) is -2.80. The van der Waals surface area contributed by atoms with Gasteiger partial charge in [-0.2, -0.15) is 0 Å². The summed E-state index contributed by atoms with van der Waals surface area (Å²) >= 11 is 0. The first-order valence-electron chi connectivity index (χ1n) is 15.4. The quantitative estimate of drug-likeness (QED) is 0.269. The number of aromatic nitrogens is 2. The number of hydrogen-bond donors (Lipinski definition) is 3. The van der Waals surface area contributed by atoms with Gasteiger partial charge in [0.1, 0.15) is 17.6 Å². The lowest BCUT2D eigenvalue weighted by Gasteiger charge is -2.36. The molecule has 0 spiro atoms. The minimum Gasteiger partial charge on any atom is -0.450 e. The van der Waals surface area contributed by atoms with Crippen LogP contribution in [0, 0.1) is 0 Å². The van der Waals surface area contributed by atoms with Crippen LogP contribution in [0.25, 0.3) is 11.4 Å². The van der Waals surface area contributed by atoms with Gasteiger partial charge in [0, 0.05) is 64.4 Å². The number of methoxy groups -OCH3 is 1. The van der Waals surface area contributed by atoms with Crippen LogP contribution in [0.2, 0.25) is 0 Å². The Balaban J connectivity index is 1.42. The number of carbonyl (C=O) groups excluding carboxylic acids is 3. The van der Waals surface area contributed by atoms with Crippen molar-refractivity contribution in [2.75, 3.05) is 57.9 Å². The van der Waals surface area contributed by atoms with Crippen LogP contribution < -0.4 is 15.5 Å². The summed E-state index contributed by atoms with van der Waals surface area (Å²) in [4.78, 5) is 73.6. The zero-order valence-electron chi connectivity index (χ0n) is 26.3. The Morgan fingerprint density at radius 1 is 0.979 bits per heavy atom. The van der Waals surface area contributed by atoms with Crippen molar-refractivity contribution >= 4 is 36.6 Å². The van der Waals surface area contributed by atoms with E-state index in [-0.39, 0.29) is 62.2 Å². The Bertz CT molecular complexity index is 1610. The summed E-state index contributed by atoms with van der Waals surface area (Å²) in [6.45, 7) is 4.29. The predicted molar refractivity (Wildman–Crippen MR) is 173 cm³/mol. The summed E-state index contributed by atoms with van der Waals surface area (Å²) < 4.78 is 22.3. The Morgan fingerprint density at radius 3 is 2.28 bits per heavy atom. The molecule has 2 saturated heterocycles. The summed E-state index contributed by atoms with van der Waals surface area (Å²) in [6, 6.07) is 15.5. The molecule has 15 heteroatoms. The van der Waals surface area contributed by atoms with Gasteiger partial charge in [-0.25, -0.2) is 14.8 Å². The van der Waals surface area contributed by atoms with Gasteiger partial charge in [0.2, 0.25) is 5.91 Å². The standard InChI is InChI=1S/C32H39N6O8P/c1-3-46-32(41)37-17-15-36(16-18-37)31(40)27(19-22-9-11-25(12-10-22)47(42,43)44)34-30(39)26-20-28(38-14-13-24(21-38)45-2)35-29(33-26)23-7-5-4-6-8-23/h4-12,20,24,27H,3,13-19,21H2,1-2H3,(H,34,39)(H2,42,43,44). The molecule has 3 heterocycles. The van der Waals surface area contributed by atoms with Crippen LogP contribution in [-0.4, -0.2) is 113 Å². The molecule has 3 N–H and O–H groups in total. The highest BCUT2D eigenvalue weighted by atomic mass is 31.2. The Labute approximate surface area is 272 Å². The highest BCUT2D eigenvalue weighted by Gasteiger charge is 2.32. The third kappa shape index (κ3) is 8.52. The van der Waals surface area contributed by atoms with Gasteiger partial charge in [-0.15, -0.1) is 0 Å². The molecule has 2 aliphatic heterocycles. The third-order valence-electron chi connectivity index (χ3n) is 8.21. The van der Waals surface area contributed by atoms with E-state index in [1.165, 1.54) is 29.2 Å². The highest BCUT2D eigenvalue weighted by Crippen LogP contribution is 2.33. The van der Waals surface area contributed by atoms with Gasteiger partial charge in [-0.1, -0.05) is 42.5 Å². The normalized spacial score (nSPS) is 17.4. The summed E-state index contributed by atoms with van der Waals surface area (Å²) in [5.74, 6) is -0.0146. The third-order valence-corrected chi connectivity index (χ3v) is 9.18. The van der Waals surface area contributed by atoms with Gasteiger partial charge in [0.25, 0.3) is 5.91 Å². The van der Waals surface area contributed by atoms with Gasteiger partial charge in [0.05, 0.1) is 18.0 Å². The molecule has 3 amide bonds. The second-order valence-corrected chi connectivity index (χ2v) is 12.9. The molecule has 2 aromatic carbocycles. The van der Waals surface area contributed by atoms with Crippen molar-refractivity contribution in [2.45, 2.75) is 31.9 Å². The van der Waals surface area contributed by atoms with Crippen molar-refractivity contribution in [2.24, 2.45) is 0 Å². The molecule has 0 bridgehead atoms. The molecule has 5 rings (SSSR count). The number of carbonyl (C=O) groups is 3. The number of hydrogen-bond acceptors (Lipinski definition) is 9. The summed E-state index contributed by atoms with van der Waals surface area (Å²) in [5, 5.41) is 2.72. The van der Waals surface area contributed by atoms with E-state index in [0.29, 0.717) is 30.3 Å². The fourth-order valence-corrected chi connectivity index (χ4v) is 6.13. The smallest absolute Gasteiger partial charge is 0.409 e. The molecule has 250 valence electrons. The summed E-state index contributed by atoms with van der Waals surface area (Å²) in [5.41, 5.74) is 1.39. The molecule has 2 atom stereocenters. The number of piperazine rings is 1. The first-order chi connectivity index (χ1) is 22.5. The zero-order chi connectivity index (χ0) is 33.6. The Kier molecular flexibility index (Phi) is 10.9. The monoisotopic (exact) mass is 666 g/mol. The molecule has 2 unspecified atom stereocenters. The van der Waals surface area contributed by atoms with Crippen LogP contribution in [-0.2, 0) is 25.3 Å². The number of amides is 3. The molecule has 3 aromatic rings. The van der Waals surface area contributed by atoms with E-state index in [9.17, 15) is 28.7 Å². The lowest BCUT2D eigenvalue weighted by atomic mass is 10.0. The van der Waals surface area contributed by atoms with Gasteiger partial charge in [-0.05, 0) is 31.0 Å². The second-order valence-electron chi connectivity index (χ2n) is 11.3. The number of nitrogens with one attached hydrogen (secondary N) is 1. The average molecular weight is 667 g/mol. The molecule has 1 aromatic heterocycles. The number of nitrogens with zero attached hydrogens (tertiary/aromatic N) is 5. The second kappa shape index (κ2) is 15.0. The molecule has 47 heavy (non-hydrogen) atoms. The van der Waals surface area contributed by atoms with E-state index in [2.05, 4.69) is 10.3 Å². The number of benzene rings is 2. The first kappa shape index (κ1) is 34.0. The number of anilines is 1. The van der Waals surface area contributed by atoms with Crippen molar-refractivity contribution < 1.29 is 38.2 Å². The maximum atomic E-state index is 13.9. The van der Waals surface area contributed by atoms with Gasteiger partial charge >= 0.3 is 13.7 Å². The molecule has 0 aliphatic carbocycles. The predicted octanol–water partition coefficient (Wildman–Crippen LogP) is 1.81. The van der Waals surface area contributed by atoms with Crippen molar-refractivity contribution in [3.05, 3.63) is 71.9 Å². The summed E-state index contributed by atoms with van der Waals surface area (Å²) in [6.07, 6.45) is 0.447. The molecular formula is C32H39N6O8P. The zero-order valence-corrected chi connectivity index (χ0v) is 27.2. The number of ether oxygens (including phenoxy) is 2. The minimum atomic E-state index is -4.46. The van der Waals surface area contributed by atoms with Crippen LogP contribution in [0.5, 0.6) is 0 Å². The Hall–Kier alpha value is -4.36. The van der Waals surface area contributed by atoms with Crippen LogP contribution in [0.15, 0.2) is 60.7 Å². The van der Waals surface area contributed by atoms with E-state index in [4.69, 9.17) is 14.5 Å². The molecular weight excluding hydrogens is 627 g/mol. The van der Waals surface area contributed by atoms with E-state index in [1.807, 2.05) is 35.2 Å². The first-order valence-corrected chi connectivity index (χ1v) is 17.1. The largest absolute Gasteiger partial charge is 0.450 e. The van der Waals surface area contributed by atoms with Crippen molar-refractivity contribution in [3.63, 3.8) is 0 Å². The fraction of sp³-hybridized carbons (Fsp3) is 0.406. The van der Waals surface area contributed by atoms with Gasteiger partial charge < -0.3 is 39.3 Å². The van der Waals surface area contributed by atoms with Crippen LogP contribution in [0.1, 0.15) is 29.4 Å². The van der Waals surface area contributed by atoms with Crippen LogP contribution in [0.4, 0.5) is 10.6 Å². The van der Waals surface area contributed by atoms with Gasteiger partial charge in [0.15, 0.2) is 5.82 Å². The maximum absolute atomic E-state index is 13.9. The topological polar surface area (TPSA) is 175 Å². The van der Waals surface area contributed by atoms with Crippen molar-refractivity contribution in [1.82, 2.24) is 25.1 Å². The molecule has 2 aliphatic rings. The van der Waals surface area contributed by atoms with E-state index in [0.717, 1.165) is 12.0 Å². The van der Waals surface area contributed by atoms with Crippen LogP contribution in [0.3, 0.4) is 0 Å². The molecule has 14 nitrogen and oxygen atoms in total. The van der Waals surface area contributed by atoms with E-state index < -0.39 is 25.6 Å². The fourth-order valence-electron chi connectivity index (χ4n) is 5.60. The van der Waals surface area contributed by atoms with Crippen molar-refractivity contribution in [1.29, 1.82) is 0 Å². The Morgan fingerprint density at radius 2 is 1.66 bits per heavy atom.